The van der Waals surface area contributed by atoms with Crippen molar-refractivity contribution in [2.24, 2.45) is 5.92 Å². The zero-order chi connectivity index (χ0) is 31.0. The van der Waals surface area contributed by atoms with Crippen LogP contribution >= 0.6 is 11.3 Å². The van der Waals surface area contributed by atoms with Gasteiger partial charge in [0.15, 0.2) is 15.6 Å². The van der Waals surface area contributed by atoms with Gasteiger partial charge in [0.25, 0.3) is 12.3 Å². The number of thiazole rings is 1. The second kappa shape index (κ2) is 11.7. The lowest BCUT2D eigenvalue weighted by Gasteiger charge is -2.16. The minimum Gasteiger partial charge on any atom is -0.494 e. The number of pyridine rings is 1. The minimum atomic E-state index is -2.83. The topological polar surface area (TPSA) is 128 Å². The average Bonchev–Trinajstić information content (AvgIpc) is 3.57. The number of carbonyl (C=O) groups is 1. The number of aliphatic hydroxyl groups is 1. The first-order valence-electron chi connectivity index (χ1n) is 13.8. The summed E-state index contributed by atoms with van der Waals surface area (Å²) in [6.07, 6.45) is 3.86. The third-order valence-corrected chi connectivity index (χ3v) is 7.55. The molecule has 0 radical (unpaired) electrons. The number of carbonyl (C=O) groups excluding carboxylic acids is 1. The summed E-state index contributed by atoms with van der Waals surface area (Å²) in [5.41, 5.74) is 1.42. The largest absolute Gasteiger partial charge is 0.494 e. The van der Waals surface area contributed by atoms with Gasteiger partial charge < -0.3 is 9.84 Å². The molecule has 0 bridgehead atoms. The normalized spacial score (nSPS) is 13.2. The summed E-state index contributed by atoms with van der Waals surface area (Å²) < 4.78 is 34.5. The molecule has 1 amide bonds. The Bertz CT molecular complexity index is 1930. The molecule has 1 aliphatic carbocycles. The summed E-state index contributed by atoms with van der Waals surface area (Å²) in [6, 6.07) is 7.96. The number of nitrogens with zero attached hydrogens (tertiary/aromatic N) is 6. The highest BCUT2D eigenvalue weighted by atomic mass is 32.1. The smallest absolute Gasteiger partial charge is 0.280 e. The molecule has 6 rings (SSSR count). The predicted octanol–water partition coefficient (Wildman–Crippen LogP) is 5.74. The quantitative estimate of drug-likeness (QED) is 0.212. The van der Waals surface area contributed by atoms with Crippen LogP contribution in [0.15, 0.2) is 48.9 Å². The molecule has 44 heavy (non-hydrogen) atoms. The van der Waals surface area contributed by atoms with E-state index in [1.54, 1.807) is 55.2 Å². The molecule has 0 unspecified atom stereocenters. The summed E-state index contributed by atoms with van der Waals surface area (Å²) in [5.74, 6) is 6.29. The molecule has 224 valence electrons. The van der Waals surface area contributed by atoms with E-state index in [0.717, 1.165) is 24.2 Å². The van der Waals surface area contributed by atoms with Crippen LogP contribution < -0.4 is 10.1 Å². The highest BCUT2D eigenvalue weighted by Gasteiger charge is 2.23. The van der Waals surface area contributed by atoms with Crippen LogP contribution in [-0.4, -0.2) is 53.4 Å². The standard InChI is InChI=1S/C31H27F2N7O3S/c1-31(2,42)16-40-11-10-23(39-40)18-7-9-20(21(12-18)22-13-24(26(32)33)34-15-25(22)43-3)28(41)38-30-37-27-29(44-30)36-19(14-35-27)8-6-17-4-5-17/h7,9-15,17,26,42H,4-5,16H2,1-3H3,(H,35,37,38,41). The van der Waals surface area contributed by atoms with Gasteiger partial charge in [-0.2, -0.15) is 10.1 Å². The summed E-state index contributed by atoms with van der Waals surface area (Å²) in [4.78, 5) is 31.3. The Labute approximate surface area is 255 Å². The zero-order valence-corrected chi connectivity index (χ0v) is 24.8. The first-order chi connectivity index (χ1) is 21.1. The number of halogens is 2. The minimum absolute atomic E-state index is 0.186. The third-order valence-electron chi connectivity index (χ3n) is 6.70. The first-order valence-corrected chi connectivity index (χ1v) is 14.6. The Morgan fingerprint density at radius 2 is 2.00 bits per heavy atom. The lowest BCUT2D eigenvalue weighted by Crippen LogP contribution is -2.26. The summed E-state index contributed by atoms with van der Waals surface area (Å²) >= 11 is 1.16. The van der Waals surface area contributed by atoms with Crippen LogP contribution in [0.2, 0.25) is 0 Å². The number of ether oxygens (including phenoxy) is 1. The van der Waals surface area contributed by atoms with Gasteiger partial charge in [-0.25, -0.2) is 18.7 Å². The second-order valence-corrected chi connectivity index (χ2v) is 12.0. The van der Waals surface area contributed by atoms with Gasteiger partial charge in [-0.3, -0.25) is 19.8 Å². The van der Waals surface area contributed by atoms with Gasteiger partial charge in [0.1, 0.15) is 17.1 Å². The Balaban J connectivity index is 1.38. The maximum Gasteiger partial charge on any atom is 0.280 e. The molecule has 4 heterocycles. The van der Waals surface area contributed by atoms with Crippen molar-refractivity contribution in [1.29, 1.82) is 0 Å². The lowest BCUT2D eigenvalue weighted by atomic mass is 9.95. The number of hydrogen-bond donors (Lipinski definition) is 2. The number of benzene rings is 1. The molecule has 1 saturated carbocycles. The molecule has 5 aromatic rings. The molecule has 0 aliphatic heterocycles. The van der Waals surface area contributed by atoms with Crippen molar-refractivity contribution >= 4 is 32.9 Å². The molecule has 1 fully saturated rings. The van der Waals surface area contributed by atoms with Gasteiger partial charge >= 0.3 is 0 Å². The molecule has 0 atom stereocenters. The first kappa shape index (κ1) is 29.3. The SMILES string of the molecule is COc1cnc(C(F)F)cc1-c1cc(-c2ccn(CC(C)(C)O)n2)ccc1C(=O)Nc1nc2ncc(C#CC3CC3)nc2s1. The number of rotatable bonds is 8. The number of nitrogens with one attached hydrogen (secondary N) is 1. The van der Waals surface area contributed by atoms with Crippen molar-refractivity contribution in [2.75, 3.05) is 12.4 Å². The van der Waals surface area contributed by atoms with Crippen LogP contribution in [0.5, 0.6) is 5.75 Å². The van der Waals surface area contributed by atoms with Crippen LogP contribution in [0.1, 0.15) is 54.9 Å². The van der Waals surface area contributed by atoms with E-state index < -0.39 is 23.6 Å². The van der Waals surface area contributed by atoms with E-state index in [2.05, 4.69) is 42.2 Å². The maximum absolute atomic E-state index is 13.7. The van der Waals surface area contributed by atoms with Gasteiger partial charge in [-0.05, 0) is 62.4 Å². The Morgan fingerprint density at radius 1 is 1.18 bits per heavy atom. The molecular weight excluding hydrogens is 588 g/mol. The van der Waals surface area contributed by atoms with Gasteiger partial charge in [0.05, 0.1) is 37.3 Å². The number of methoxy groups -OCH3 is 1. The van der Waals surface area contributed by atoms with Crippen LogP contribution in [0.4, 0.5) is 13.9 Å². The zero-order valence-electron chi connectivity index (χ0n) is 24.0. The highest BCUT2D eigenvalue weighted by Crippen LogP contribution is 2.37. The molecule has 1 aromatic carbocycles. The van der Waals surface area contributed by atoms with Gasteiger partial charge in [0.2, 0.25) is 0 Å². The van der Waals surface area contributed by atoms with Gasteiger partial charge in [-0.15, -0.1) is 0 Å². The molecular formula is C31H27F2N7O3S. The summed E-state index contributed by atoms with van der Waals surface area (Å²) in [5, 5.41) is 17.8. The maximum atomic E-state index is 13.7. The van der Waals surface area contributed by atoms with Crippen molar-refractivity contribution in [1.82, 2.24) is 29.7 Å². The number of hydrogen-bond acceptors (Lipinski definition) is 9. The molecule has 13 heteroatoms. The molecule has 4 aromatic heterocycles. The van der Waals surface area contributed by atoms with E-state index in [-0.39, 0.29) is 28.6 Å². The molecule has 1 aliphatic rings. The van der Waals surface area contributed by atoms with Gasteiger partial charge in [0, 0.05) is 28.8 Å². The van der Waals surface area contributed by atoms with Crippen LogP contribution in [0.25, 0.3) is 32.9 Å². The van der Waals surface area contributed by atoms with Crippen molar-refractivity contribution in [3.63, 3.8) is 0 Å². The van der Waals surface area contributed by atoms with Crippen LogP contribution in [-0.2, 0) is 6.54 Å². The van der Waals surface area contributed by atoms with E-state index in [4.69, 9.17) is 4.74 Å². The van der Waals surface area contributed by atoms with E-state index in [1.165, 1.54) is 19.4 Å². The molecule has 0 spiro atoms. The molecule has 0 saturated heterocycles. The van der Waals surface area contributed by atoms with Crippen LogP contribution in [0, 0.1) is 17.8 Å². The van der Waals surface area contributed by atoms with Crippen molar-refractivity contribution in [2.45, 2.75) is 45.3 Å². The fraction of sp³-hybridized carbons (Fsp3) is 0.290. The Kier molecular flexibility index (Phi) is 7.79. The highest BCUT2D eigenvalue weighted by molar-refractivity contribution is 7.21. The number of anilines is 1. The van der Waals surface area contributed by atoms with E-state index in [1.807, 2.05) is 0 Å². The number of fused-ring (bicyclic) bond motifs is 1. The van der Waals surface area contributed by atoms with Crippen molar-refractivity contribution < 1.29 is 23.4 Å². The van der Waals surface area contributed by atoms with E-state index in [9.17, 15) is 18.7 Å². The molecule has 10 nitrogen and oxygen atoms in total. The summed E-state index contributed by atoms with van der Waals surface area (Å²) in [7, 11) is 1.40. The van der Waals surface area contributed by atoms with Gasteiger partial charge in [-0.1, -0.05) is 23.3 Å². The monoisotopic (exact) mass is 615 g/mol. The Hall–Kier alpha value is -4.80. The number of amides is 1. The van der Waals surface area contributed by atoms with Crippen molar-refractivity contribution in [3.05, 3.63) is 65.9 Å². The fourth-order valence-electron chi connectivity index (χ4n) is 4.48. The number of aromatic nitrogens is 6. The van der Waals surface area contributed by atoms with E-state index in [0.29, 0.717) is 38.9 Å². The second-order valence-electron chi connectivity index (χ2n) is 11.0. The van der Waals surface area contributed by atoms with Crippen molar-refractivity contribution in [3.8, 4) is 40.0 Å². The molecule has 2 N–H and O–H groups in total. The fourth-order valence-corrected chi connectivity index (χ4v) is 5.27. The third kappa shape index (κ3) is 6.56. The van der Waals surface area contributed by atoms with E-state index >= 15 is 0 Å². The lowest BCUT2D eigenvalue weighted by molar-refractivity contribution is 0.0578. The Morgan fingerprint density at radius 3 is 2.73 bits per heavy atom. The predicted molar refractivity (Wildman–Crippen MR) is 161 cm³/mol. The summed E-state index contributed by atoms with van der Waals surface area (Å²) in [6.45, 7) is 3.61. The number of alkyl halides is 2. The average molecular weight is 616 g/mol. The van der Waals surface area contributed by atoms with Crippen LogP contribution in [0.3, 0.4) is 0 Å².